The SMILES string of the molecule is C=CN=C/C(=C\N)C(=C)NC(=C)SCCCCl. The van der Waals surface area contributed by atoms with Gasteiger partial charge in [-0.3, -0.25) is 4.99 Å². The molecule has 3 N–H and O–H groups in total. The molecule has 0 atom stereocenters. The average molecular weight is 272 g/mol. The molecule has 0 spiro atoms. The van der Waals surface area contributed by atoms with Crippen molar-refractivity contribution in [3.8, 4) is 0 Å². The molecule has 17 heavy (non-hydrogen) atoms. The zero-order valence-corrected chi connectivity index (χ0v) is 11.4. The fraction of sp³-hybridized carbons (Fsp3) is 0.250. The van der Waals surface area contributed by atoms with Crippen molar-refractivity contribution in [3.05, 3.63) is 48.4 Å². The van der Waals surface area contributed by atoms with Crippen LogP contribution in [0.4, 0.5) is 0 Å². The van der Waals surface area contributed by atoms with Crippen LogP contribution in [0.1, 0.15) is 6.42 Å². The summed E-state index contributed by atoms with van der Waals surface area (Å²) in [6.07, 6.45) is 5.38. The number of thioether (sulfide) groups is 1. The Kier molecular flexibility index (Phi) is 9.38. The van der Waals surface area contributed by atoms with Gasteiger partial charge in [-0.25, -0.2) is 0 Å². The summed E-state index contributed by atoms with van der Waals surface area (Å²) in [5.41, 5.74) is 6.82. The van der Waals surface area contributed by atoms with Gasteiger partial charge >= 0.3 is 0 Å². The maximum absolute atomic E-state index is 5.59. The third kappa shape index (κ3) is 7.71. The van der Waals surface area contributed by atoms with Gasteiger partial charge in [-0.1, -0.05) is 19.7 Å². The molecule has 0 radical (unpaired) electrons. The third-order valence-corrected chi connectivity index (χ3v) is 2.90. The molecule has 0 fully saturated rings. The number of hydrogen-bond acceptors (Lipinski definition) is 4. The first-order valence-electron chi connectivity index (χ1n) is 5.05. The molecule has 0 unspecified atom stereocenters. The van der Waals surface area contributed by atoms with E-state index in [-0.39, 0.29) is 0 Å². The fourth-order valence-electron chi connectivity index (χ4n) is 0.881. The monoisotopic (exact) mass is 271 g/mol. The Labute approximate surface area is 112 Å². The first kappa shape index (κ1) is 15.9. The van der Waals surface area contributed by atoms with Crippen molar-refractivity contribution in [2.45, 2.75) is 6.42 Å². The summed E-state index contributed by atoms with van der Waals surface area (Å²) in [5.74, 6) is 1.58. The van der Waals surface area contributed by atoms with Crippen molar-refractivity contribution in [3.63, 3.8) is 0 Å². The second-order valence-electron chi connectivity index (χ2n) is 3.00. The van der Waals surface area contributed by atoms with Crippen molar-refractivity contribution < 1.29 is 0 Å². The summed E-state index contributed by atoms with van der Waals surface area (Å²) in [5, 5.41) is 3.87. The first-order valence-corrected chi connectivity index (χ1v) is 6.57. The van der Waals surface area contributed by atoms with E-state index >= 15 is 0 Å². The molecule has 0 saturated heterocycles. The number of nitrogens with zero attached hydrogens (tertiary/aromatic N) is 1. The van der Waals surface area contributed by atoms with Crippen molar-refractivity contribution >= 4 is 29.6 Å². The Balaban J connectivity index is 4.18. The summed E-state index contributed by atoms with van der Waals surface area (Å²) in [7, 11) is 0. The van der Waals surface area contributed by atoms with Gasteiger partial charge in [0.15, 0.2) is 0 Å². The van der Waals surface area contributed by atoms with E-state index in [1.807, 2.05) is 0 Å². The molecule has 0 aliphatic rings. The van der Waals surface area contributed by atoms with Crippen LogP contribution in [0.25, 0.3) is 0 Å². The van der Waals surface area contributed by atoms with Crippen LogP contribution in [0.2, 0.25) is 0 Å². The van der Waals surface area contributed by atoms with E-state index in [0.29, 0.717) is 17.2 Å². The quantitative estimate of drug-likeness (QED) is 0.293. The summed E-state index contributed by atoms with van der Waals surface area (Å²) in [6, 6.07) is 0. The third-order valence-electron chi connectivity index (χ3n) is 1.69. The Hall–Kier alpha value is -1.13. The molecular formula is C12H18ClN3S. The molecule has 0 aromatic carbocycles. The molecule has 0 heterocycles. The topological polar surface area (TPSA) is 50.4 Å². The minimum Gasteiger partial charge on any atom is -0.404 e. The summed E-state index contributed by atoms with van der Waals surface area (Å²) in [4.78, 5) is 3.88. The Morgan fingerprint density at radius 2 is 2.18 bits per heavy atom. The highest BCUT2D eigenvalue weighted by atomic mass is 35.5. The molecule has 0 amide bonds. The van der Waals surface area contributed by atoms with E-state index in [2.05, 4.69) is 30.0 Å². The number of nitrogens with one attached hydrogen (secondary N) is 1. The number of allylic oxidation sites excluding steroid dienone is 1. The van der Waals surface area contributed by atoms with Gasteiger partial charge in [0.25, 0.3) is 0 Å². The zero-order chi connectivity index (χ0) is 13.1. The average Bonchev–Trinajstić information content (AvgIpc) is 2.30. The summed E-state index contributed by atoms with van der Waals surface area (Å²) in [6.45, 7) is 11.2. The van der Waals surface area contributed by atoms with Crippen LogP contribution in [0, 0.1) is 0 Å². The fourth-order valence-corrected chi connectivity index (χ4v) is 1.90. The Bertz CT molecular complexity index is 335. The van der Waals surface area contributed by atoms with E-state index in [9.17, 15) is 0 Å². The molecule has 0 rings (SSSR count). The van der Waals surface area contributed by atoms with E-state index in [1.165, 1.54) is 12.4 Å². The lowest BCUT2D eigenvalue weighted by atomic mass is 10.2. The van der Waals surface area contributed by atoms with Crippen molar-refractivity contribution in [2.24, 2.45) is 10.7 Å². The van der Waals surface area contributed by atoms with Crippen LogP contribution in [0.3, 0.4) is 0 Å². The largest absolute Gasteiger partial charge is 0.404 e. The lowest BCUT2D eigenvalue weighted by Gasteiger charge is -2.11. The van der Waals surface area contributed by atoms with E-state index in [1.54, 1.807) is 18.0 Å². The van der Waals surface area contributed by atoms with Crippen molar-refractivity contribution in [1.29, 1.82) is 0 Å². The van der Waals surface area contributed by atoms with Crippen molar-refractivity contribution in [1.82, 2.24) is 5.32 Å². The van der Waals surface area contributed by atoms with Crippen LogP contribution in [0.5, 0.6) is 0 Å². The van der Waals surface area contributed by atoms with E-state index in [0.717, 1.165) is 17.2 Å². The Morgan fingerprint density at radius 3 is 2.71 bits per heavy atom. The maximum atomic E-state index is 5.59. The second-order valence-corrected chi connectivity index (χ2v) is 4.57. The molecule has 94 valence electrons. The molecule has 5 heteroatoms. The smallest absolute Gasteiger partial charge is 0.0652 e. The highest BCUT2D eigenvalue weighted by Gasteiger charge is 2.01. The standard InChI is InChI=1S/C12H18ClN3S/c1-4-15-9-12(8-14)10(2)16-11(3)17-7-5-6-13/h4,8-9,16H,1-3,5-7,14H2/b12-8+,15-9?. The highest BCUT2D eigenvalue weighted by Crippen LogP contribution is 2.14. The number of halogens is 1. The van der Waals surface area contributed by atoms with E-state index in [4.69, 9.17) is 17.3 Å². The van der Waals surface area contributed by atoms with Crippen molar-refractivity contribution in [2.75, 3.05) is 11.6 Å². The van der Waals surface area contributed by atoms with Crippen LogP contribution in [0.15, 0.2) is 53.4 Å². The molecule has 0 bridgehead atoms. The molecule has 3 nitrogen and oxygen atoms in total. The Morgan fingerprint density at radius 1 is 1.47 bits per heavy atom. The predicted octanol–water partition coefficient (Wildman–Crippen LogP) is 2.98. The van der Waals surface area contributed by atoms with Gasteiger partial charge in [0.1, 0.15) is 0 Å². The highest BCUT2D eigenvalue weighted by molar-refractivity contribution is 8.02. The van der Waals surface area contributed by atoms with Gasteiger partial charge in [0, 0.05) is 41.5 Å². The lowest BCUT2D eigenvalue weighted by molar-refractivity contribution is 1.07. The molecule has 0 aliphatic carbocycles. The number of nitrogens with two attached hydrogens (primary N) is 1. The van der Waals surface area contributed by atoms with Gasteiger partial charge in [0.2, 0.25) is 0 Å². The summed E-state index contributed by atoms with van der Waals surface area (Å²) >= 11 is 7.18. The maximum Gasteiger partial charge on any atom is 0.0652 e. The predicted molar refractivity (Wildman–Crippen MR) is 80.2 cm³/mol. The van der Waals surface area contributed by atoms with Crippen LogP contribution in [-0.4, -0.2) is 17.8 Å². The molecule has 0 aliphatic heterocycles. The molecule has 0 aromatic rings. The number of hydrogen-bond donors (Lipinski definition) is 2. The van der Waals surface area contributed by atoms with Gasteiger partial charge < -0.3 is 11.1 Å². The minimum absolute atomic E-state index is 0.654. The van der Waals surface area contributed by atoms with Crippen LogP contribution in [-0.2, 0) is 0 Å². The zero-order valence-electron chi connectivity index (χ0n) is 9.79. The molecule has 0 aromatic heterocycles. The van der Waals surface area contributed by atoms with Gasteiger partial charge in [-0.05, 0) is 6.42 Å². The minimum atomic E-state index is 0.654. The molecular weight excluding hydrogens is 254 g/mol. The number of alkyl halides is 1. The lowest BCUT2D eigenvalue weighted by Crippen LogP contribution is -2.13. The van der Waals surface area contributed by atoms with Crippen LogP contribution >= 0.6 is 23.4 Å². The summed E-state index contributed by atoms with van der Waals surface area (Å²) < 4.78 is 0. The van der Waals surface area contributed by atoms with Gasteiger partial charge in [-0.15, -0.1) is 23.4 Å². The first-order chi connectivity index (χ1) is 8.15. The number of aliphatic imine (C=N–C) groups is 1. The van der Waals surface area contributed by atoms with E-state index < -0.39 is 0 Å². The van der Waals surface area contributed by atoms with Gasteiger partial charge in [0.05, 0.1) is 5.03 Å². The molecule has 0 saturated carbocycles. The second kappa shape index (κ2) is 10.1. The number of rotatable bonds is 9. The normalized spacial score (nSPS) is 11.5. The van der Waals surface area contributed by atoms with Gasteiger partial charge in [-0.2, -0.15) is 0 Å². The van der Waals surface area contributed by atoms with Crippen LogP contribution < -0.4 is 11.1 Å².